The number of piperidine rings is 1. The summed E-state index contributed by atoms with van der Waals surface area (Å²) in [7, 11) is -3.80. The van der Waals surface area contributed by atoms with Crippen molar-refractivity contribution in [3.05, 3.63) is 65.7 Å². The summed E-state index contributed by atoms with van der Waals surface area (Å²) in [6, 6.07) is 14.4. The van der Waals surface area contributed by atoms with E-state index in [1.807, 2.05) is 30.3 Å². The lowest BCUT2D eigenvalue weighted by Gasteiger charge is -2.34. The third-order valence-electron chi connectivity index (χ3n) is 5.02. The topological polar surface area (TPSA) is 92.8 Å². The van der Waals surface area contributed by atoms with Crippen molar-refractivity contribution in [2.45, 2.75) is 43.7 Å². The van der Waals surface area contributed by atoms with Crippen molar-refractivity contribution >= 4 is 21.9 Å². The Balaban J connectivity index is 1.78. The molecule has 0 radical (unpaired) electrons. The van der Waals surface area contributed by atoms with Crippen LogP contribution in [0.1, 0.15) is 42.1 Å². The SMILES string of the molecule is CCOC(=O)C1CCCCN1C(=O)c1cccc(S(=O)(=O)NCc2ccccc2)c1. The molecule has 1 unspecified atom stereocenters. The van der Waals surface area contributed by atoms with Crippen LogP contribution in [0.25, 0.3) is 0 Å². The van der Waals surface area contributed by atoms with Crippen LogP contribution in [0.4, 0.5) is 0 Å². The summed E-state index contributed by atoms with van der Waals surface area (Å²) in [6.07, 6.45) is 2.17. The highest BCUT2D eigenvalue weighted by atomic mass is 32.2. The highest BCUT2D eigenvalue weighted by Gasteiger charge is 2.34. The van der Waals surface area contributed by atoms with Crippen molar-refractivity contribution in [1.82, 2.24) is 9.62 Å². The summed E-state index contributed by atoms with van der Waals surface area (Å²) in [5, 5.41) is 0. The Hall–Kier alpha value is -2.71. The molecule has 160 valence electrons. The first-order valence-corrected chi connectivity index (χ1v) is 11.5. The zero-order valence-electron chi connectivity index (χ0n) is 16.9. The predicted molar refractivity (Wildman–Crippen MR) is 112 cm³/mol. The highest BCUT2D eigenvalue weighted by Crippen LogP contribution is 2.22. The zero-order valence-corrected chi connectivity index (χ0v) is 17.7. The molecule has 1 aliphatic heterocycles. The smallest absolute Gasteiger partial charge is 0.328 e. The number of likely N-dealkylation sites (tertiary alicyclic amines) is 1. The number of rotatable bonds is 7. The predicted octanol–water partition coefficient (Wildman–Crippen LogP) is 2.72. The van der Waals surface area contributed by atoms with E-state index in [2.05, 4.69) is 4.72 Å². The number of carbonyl (C=O) groups excluding carboxylic acids is 2. The normalized spacial score (nSPS) is 16.8. The second-order valence-corrected chi connectivity index (χ2v) is 8.87. The molecule has 1 amide bonds. The van der Waals surface area contributed by atoms with Crippen molar-refractivity contribution in [1.29, 1.82) is 0 Å². The van der Waals surface area contributed by atoms with E-state index in [9.17, 15) is 18.0 Å². The number of nitrogens with one attached hydrogen (secondary N) is 1. The summed E-state index contributed by atoms with van der Waals surface area (Å²) in [4.78, 5) is 26.8. The van der Waals surface area contributed by atoms with E-state index in [1.54, 1.807) is 13.0 Å². The van der Waals surface area contributed by atoms with Gasteiger partial charge in [-0.1, -0.05) is 36.4 Å². The van der Waals surface area contributed by atoms with E-state index in [-0.39, 0.29) is 29.5 Å². The monoisotopic (exact) mass is 430 g/mol. The van der Waals surface area contributed by atoms with Crippen LogP contribution in [0.2, 0.25) is 0 Å². The number of nitrogens with zero attached hydrogens (tertiary/aromatic N) is 1. The Morgan fingerprint density at radius 3 is 2.60 bits per heavy atom. The molecule has 1 heterocycles. The van der Waals surface area contributed by atoms with Gasteiger partial charge in [0.25, 0.3) is 5.91 Å². The standard InChI is InChI=1S/C22H26N2O5S/c1-2-29-22(26)20-13-6-7-14-24(20)21(25)18-11-8-12-19(15-18)30(27,28)23-16-17-9-4-3-5-10-17/h3-5,8-12,15,20,23H,2,6-7,13-14,16H2,1H3. The van der Waals surface area contributed by atoms with Crippen LogP contribution in [-0.2, 0) is 26.1 Å². The van der Waals surface area contributed by atoms with Crippen molar-refractivity contribution < 1.29 is 22.7 Å². The first-order chi connectivity index (χ1) is 14.4. The van der Waals surface area contributed by atoms with Gasteiger partial charge in [0.2, 0.25) is 10.0 Å². The van der Waals surface area contributed by atoms with Gasteiger partial charge in [-0.25, -0.2) is 17.9 Å². The minimum absolute atomic E-state index is 0.00831. The summed E-state index contributed by atoms with van der Waals surface area (Å²) in [5.74, 6) is -0.785. The second kappa shape index (κ2) is 9.86. The van der Waals surface area contributed by atoms with Crippen LogP contribution in [0.15, 0.2) is 59.5 Å². The fraction of sp³-hybridized carbons (Fsp3) is 0.364. The van der Waals surface area contributed by atoms with E-state index in [4.69, 9.17) is 4.74 Å². The molecular formula is C22H26N2O5S. The number of carbonyl (C=O) groups is 2. The van der Waals surface area contributed by atoms with Crippen molar-refractivity contribution in [3.8, 4) is 0 Å². The fourth-order valence-electron chi connectivity index (χ4n) is 3.48. The first-order valence-electron chi connectivity index (χ1n) is 10.0. The average Bonchev–Trinajstić information content (AvgIpc) is 2.78. The van der Waals surface area contributed by atoms with Gasteiger partial charge in [-0.05, 0) is 49.9 Å². The molecule has 8 heteroatoms. The van der Waals surface area contributed by atoms with Crippen LogP contribution in [0, 0.1) is 0 Å². The minimum Gasteiger partial charge on any atom is -0.464 e. The maximum atomic E-state index is 13.1. The molecule has 1 N–H and O–H groups in total. The maximum absolute atomic E-state index is 13.1. The maximum Gasteiger partial charge on any atom is 0.328 e. The second-order valence-electron chi connectivity index (χ2n) is 7.10. The van der Waals surface area contributed by atoms with Gasteiger partial charge in [0.05, 0.1) is 11.5 Å². The van der Waals surface area contributed by atoms with Crippen LogP contribution in [-0.4, -0.2) is 44.4 Å². The molecule has 0 aromatic heterocycles. The lowest BCUT2D eigenvalue weighted by atomic mass is 10.0. The van der Waals surface area contributed by atoms with Gasteiger partial charge in [0.1, 0.15) is 6.04 Å². The van der Waals surface area contributed by atoms with Crippen molar-refractivity contribution in [2.24, 2.45) is 0 Å². The van der Waals surface area contributed by atoms with Gasteiger partial charge in [-0.3, -0.25) is 4.79 Å². The number of amides is 1. The number of hydrogen-bond donors (Lipinski definition) is 1. The molecule has 1 aliphatic rings. The quantitative estimate of drug-likeness (QED) is 0.682. The van der Waals surface area contributed by atoms with Crippen LogP contribution in [0.5, 0.6) is 0 Å². The van der Waals surface area contributed by atoms with Gasteiger partial charge >= 0.3 is 5.97 Å². The largest absolute Gasteiger partial charge is 0.464 e. The number of hydrogen-bond acceptors (Lipinski definition) is 5. The molecular weight excluding hydrogens is 404 g/mol. The zero-order chi connectivity index (χ0) is 21.6. The summed E-state index contributed by atoms with van der Waals surface area (Å²) in [6.45, 7) is 2.56. The van der Waals surface area contributed by atoms with Crippen LogP contribution < -0.4 is 4.72 Å². The lowest BCUT2D eigenvalue weighted by molar-refractivity contribution is -0.149. The number of ether oxygens (including phenoxy) is 1. The van der Waals surface area contributed by atoms with Gasteiger partial charge < -0.3 is 9.64 Å². The Morgan fingerprint density at radius 2 is 1.87 bits per heavy atom. The third-order valence-corrected chi connectivity index (χ3v) is 6.42. The Bertz CT molecular complexity index is 992. The Kier molecular flexibility index (Phi) is 7.23. The van der Waals surface area contributed by atoms with E-state index in [0.29, 0.717) is 13.0 Å². The molecule has 1 saturated heterocycles. The highest BCUT2D eigenvalue weighted by molar-refractivity contribution is 7.89. The third kappa shape index (κ3) is 5.25. The average molecular weight is 431 g/mol. The molecule has 2 aromatic carbocycles. The minimum atomic E-state index is -3.80. The molecule has 0 aliphatic carbocycles. The first kappa shape index (κ1) is 22.0. The van der Waals surface area contributed by atoms with Gasteiger partial charge in [0, 0.05) is 18.7 Å². The molecule has 1 fully saturated rings. The van der Waals surface area contributed by atoms with E-state index in [1.165, 1.54) is 23.1 Å². The van der Waals surface area contributed by atoms with E-state index < -0.39 is 22.0 Å². The van der Waals surface area contributed by atoms with Gasteiger partial charge in [0.15, 0.2) is 0 Å². The summed E-state index contributed by atoms with van der Waals surface area (Å²) < 4.78 is 33.1. The molecule has 7 nitrogen and oxygen atoms in total. The van der Waals surface area contributed by atoms with Gasteiger partial charge in [-0.15, -0.1) is 0 Å². The molecule has 0 saturated carbocycles. The van der Waals surface area contributed by atoms with Crippen LogP contribution in [0.3, 0.4) is 0 Å². The number of benzene rings is 2. The van der Waals surface area contributed by atoms with E-state index in [0.717, 1.165) is 18.4 Å². The van der Waals surface area contributed by atoms with Gasteiger partial charge in [-0.2, -0.15) is 0 Å². The summed E-state index contributed by atoms with van der Waals surface area (Å²) in [5.41, 5.74) is 1.06. The molecule has 0 spiro atoms. The molecule has 1 atom stereocenters. The Labute approximate surface area is 177 Å². The van der Waals surface area contributed by atoms with Crippen molar-refractivity contribution in [2.75, 3.05) is 13.2 Å². The lowest BCUT2D eigenvalue weighted by Crippen LogP contribution is -2.48. The molecule has 30 heavy (non-hydrogen) atoms. The molecule has 2 aromatic rings. The summed E-state index contributed by atoms with van der Waals surface area (Å²) >= 11 is 0. The number of sulfonamides is 1. The Morgan fingerprint density at radius 1 is 1.10 bits per heavy atom. The van der Waals surface area contributed by atoms with Crippen LogP contribution >= 0.6 is 0 Å². The van der Waals surface area contributed by atoms with Crippen molar-refractivity contribution in [3.63, 3.8) is 0 Å². The molecule has 0 bridgehead atoms. The fourth-order valence-corrected chi connectivity index (χ4v) is 4.54. The number of esters is 1. The van der Waals surface area contributed by atoms with E-state index >= 15 is 0 Å². The molecule has 3 rings (SSSR count).